The van der Waals surface area contributed by atoms with Crippen molar-refractivity contribution in [3.05, 3.63) is 53.3 Å². The molecule has 1 aromatic carbocycles. The number of imidazole rings is 1. The zero-order valence-electron chi connectivity index (χ0n) is 11.6. The second-order valence-corrected chi connectivity index (χ2v) is 5.78. The van der Waals surface area contributed by atoms with Crippen molar-refractivity contribution in [1.29, 1.82) is 0 Å². The molecule has 0 unspecified atom stereocenters. The second kappa shape index (κ2) is 5.57. The van der Waals surface area contributed by atoms with Gasteiger partial charge in [0, 0.05) is 23.5 Å². The van der Waals surface area contributed by atoms with Gasteiger partial charge >= 0.3 is 5.97 Å². The molecular weight excluding hydrogens is 286 g/mol. The third-order valence-corrected chi connectivity index (χ3v) is 3.99. The molecule has 0 aliphatic carbocycles. The van der Waals surface area contributed by atoms with Crippen LogP contribution in [-0.4, -0.2) is 27.0 Å². The van der Waals surface area contributed by atoms with E-state index in [1.807, 2.05) is 58.3 Å². The number of thiazole rings is 1. The molecule has 0 aliphatic rings. The summed E-state index contributed by atoms with van der Waals surface area (Å²) in [7, 11) is 0. The summed E-state index contributed by atoms with van der Waals surface area (Å²) in [4.78, 5) is 18.3. The lowest BCUT2D eigenvalue weighted by Crippen LogP contribution is -2.29. The molecule has 0 radical (unpaired) electrons. The fraction of sp³-hybridized carbons (Fsp3) is 0.200. The first-order chi connectivity index (χ1) is 10.1. The highest BCUT2D eigenvalue weighted by molar-refractivity contribution is 7.15. The number of nitrogens with zero attached hydrogens (tertiary/aromatic N) is 3. The third-order valence-electron chi connectivity index (χ3n) is 3.22. The van der Waals surface area contributed by atoms with Gasteiger partial charge in [-0.05, 0) is 19.1 Å². The molecule has 0 atom stereocenters. The van der Waals surface area contributed by atoms with Crippen molar-refractivity contribution in [3.8, 4) is 0 Å². The fourth-order valence-electron chi connectivity index (χ4n) is 2.21. The highest BCUT2D eigenvalue weighted by atomic mass is 32.1. The van der Waals surface area contributed by atoms with Crippen LogP contribution in [0.3, 0.4) is 0 Å². The molecule has 21 heavy (non-hydrogen) atoms. The molecule has 6 heteroatoms. The van der Waals surface area contributed by atoms with Crippen molar-refractivity contribution in [1.82, 2.24) is 9.38 Å². The number of benzene rings is 1. The van der Waals surface area contributed by atoms with E-state index in [9.17, 15) is 4.79 Å². The van der Waals surface area contributed by atoms with Crippen LogP contribution < -0.4 is 4.90 Å². The Morgan fingerprint density at radius 3 is 2.81 bits per heavy atom. The van der Waals surface area contributed by atoms with Gasteiger partial charge in [0.05, 0.1) is 12.2 Å². The molecule has 108 valence electrons. The Hall–Kier alpha value is -2.34. The Kier molecular flexibility index (Phi) is 3.62. The van der Waals surface area contributed by atoms with E-state index in [0.29, 0.717) is 6.54 Å². The van der Waals surface area contributed by atoms with E-state index in [2.05, 4.69) is 4.98 Å². The summed E-state index contributed by atoms with van der Waals surface area (Å²) >= 11 is 1.56. The molecule has 0 saturated carbocycles. The number of carbonyl (C=O) groups is 1. The van der Waals surface area contributed by atoms with Gasteiger partial charge in [-0.1, -0.05) is 17.7 Å². The molecule has 0 fully saturated rings. The van der Waals surface area contributed by atoms with Gasteiger partial charge < -0.3 is 10.0 Å². The number of carboxylic acids is 1. The maximum Gasteiger partial charge on any atom is 0.323 e. The van der Waals surface area contributed by atoms with Gasteiger partial charge in [-0.25, -0.2) is 4.98 Å². The maximum absolute atomic E-state index is 11.1. The number of hydrogen-bond donors (Lipinski definition) is 1. The van der Waals surface area contributed by atoms with Crippen LogP contribution in [0.1, 0.15) is 11.3 Å². The molecule has 5 nitrogen and oxygen atoms in total. The Balaban J connectivity index is 1.86. The SMILES string of the molecule is Cc1ccc(N(CC(=O)O)Cc2cn3ccsc3n2)cc1. The minimum atomic E-state index is -0.850. The molecule has 0 aliphatic heterocycles. The number of aryl methyl sites for hydroxylation is 1. The van der Waals surface area contributed by atoms with E-state index < -0.39 is 5.97 Å². The predicted octanol–water partition coefficient (Wildman–Crippen LogP) is 2.80. The monoisotopic (exact) mass is 301 g/mol. The number of carboxylic acid groups (broad SMARTS) is 1. The topological polar surface area (TPSA) is 57.8 Å². The summed E-state index contributed by atoms with van der Waals surface area (Å²) in [6, 6.07) is 7.85. The smallest absolute Gasteiger partial charge is 0.323 e. The molecule has 2 aromatic heterocycles. The number of fused-ring (bicyclic) bond motifs is 1. The Morgan fingerprint density at radius 1 is 1.38 bits per heavy atom. The van der Waals surface area contributed by atoms with Crippen molar-refractivity contribution < 1.29 is 9.90 Å². The third kappa shape index (κ3) is 3.05. The summed E-state index contributed by atoms with van der Waals surface area (Å²) in [5, 5.41) is 11.1. The van der Waals surface area contributed by atoms with Gasteiger partial charge in [-0.2, -0.15) is 0 Å². The Labute approximate surface area is 126 Å². The van der Waals surface area contributed by atoms with E-state index in [0.717, 1.165) is 21.9 Å². The van der Waals surface area contributed by atoms with Crippen molar-refractivity contribution in [2.24, 2.45) is 0 Å². The van der Waals surface area contributed by atoms with Gasteiger partial charge in [-0.3, -0.25) is 9.20 Å². The Morgan fingerprint density at radius 2 is 2.14 bits per heavy atom. The van der Waals surface area contributed by atoms with Crippen molar-refractivity contribution >= 4 is 28.0 Å². The zero-order chi connectivity index (χ0) is 14.8. The van der Waals surface area contributed by atoms with Crippen LogP contribution in [0, 0.1) is 6.92 Å². The average Bonchev–Trinajstić information content (AvgIpc) is 2.99. The molecule has 3 rings (SSSR count). The van der Waals surface area contributed by atoms with E-state index in [1.165, 1.54) is 0 Å². The lowest BCUT2D eigenvalue weighted by atomic mass is 10.2. The number of hydrogen-bond acceptors (Lipinski definition) is 4. The van der Waals surface area contributed by atoms with Crippen molar-refractivity contribution in [2.45, 2.75) is 13.5 Å². The van der Waals surface area contributed by atoms with Crippen molar-refractivity contribution in [3.63, 3.8) is 0 Å². The van der Waals surface area contributed by atoms with Gasteiger partial charge in [0.25, 0.3) is 0 Å². The first-order valence-electron chi connectivity index (χ1n) is 6.56. The predicted molar refractivity (Wildman–Crippen MR) is 82.9 cm³/mol. The second-order valence-electron chi connectivity index (χ2n) is 4.91. The largest absolute Gasteiger partial charge is 0.480 e. The minimum absolute atomic E-state index is 0.0474. The van der Waals surface area contributed by atoms with Crippen molar-refractivity contribution in [2.75, 3.05) is 11.4 Å². The zero-order valence-corrected chi connectivity index (χ0v) is 12.4. The maximum atomic E-state index is 11.1. The molecule has 0 saturated heterocycles. The molecule has 0 spiro atoms. The summed E-state index contributed by atoms with van der Waals surface area (Å²) in [6.07, 6.45) is 3.89. The first kappa shape index (κ1) is 13.6. The first-order valence-corrected chi connectivity index (χ1v) is 7.44. The van der Waals surface area contributed by atoms with Gasteiger partial charge in [-0.15, -0.1) is 11.3 Å². The summed E-state index contributed by atoms with van der Waals surface area (Å²) in [5.74, 6) is -0.850. The van der Waals surface area contributed by atoms with Crippen LogP contribution in [0.4, 0.5) is 5.69 Å². The van der Waals surface area contributed by atoms with Crippen LogP contribution in [0.15, 0.2) is 42.0 Å². The molecule has 2 heterocycles. The number of aromatic nitrogens is 2. The standard InChI is InChI=1S/C15H15N3O2S/c1-11-2-4-13(5-3-11)18(10-14(19)20)9-12-8-17-6-7-21-15(17)16-12/h2-8H,9-10H2,1H3,(H,19,20). The molecule has 0 amide bonds. The Bertz CT molecular complexity index is 732. The number of anilines is 1. The molecular formula is C15H15N3O2S. The number of rotatable bonds is 5. The van der Waals surface area contributed by atoms with Crippen LogP contribution in [0.2, 0.25) is 0 Å². The normalized spacial score (nSPS) is 10.9. The quantitative estimate of drug-likeness (QED) is 0.787. The summed E-state index contributed by atoms with van der Waals surface area (Å²) in [5.41, 5.74) is 2.90. The summed E-state index contributed by atoms with van der Waals surface area (Å²) in [6.45, 7) is 2.44. The lowest BCUT2D eigenvalue weighted by Gasteiger charge is -2.22. The van der Waals surface area contributed by atoms with Gasteiger partial charge in [0.15, 0.2) is 4.96 Å². The van der Waals surface area contributed by atoms with E-state index in [4.69, 9.17) is 5.11 Å². The fourth-order valence-corrected chi connectivity index (χ4v) is 2.92. The van der Waals surface area contributed by atoms with E-state index in [1.54, 1.807) is 11.3 Å². The molecule has 3 aromatic rings. The average molecular weight is 301 g/mol. The van der Waals surface area contributed by atoms with Gasteiger partial charge in [0.2, 0.25) is 0 Å². The lowest BCUT2D eigenvalue weighted by molar-refractivity contribution is -0.135. The minimum Gasteiger partial charge on any atom is -0.480 e. The highest BCUT2D eigenvalue weighted by Gasteiger charge is 2.13. The van der Waals surface area contributed by atoms with E-state index in [-0.39, 0.29) is 6.54 Å². The van der Waals surface area contributed by atoms with Crippen LogP contribution in [0.5, 0.6) is 0 Å². The molecule has 1 N–H and O–H groups in total. The number of aliphatic carboxylic acids is 1. The van der Waals surface area contributed by atoms with Crippen LogP contribution in [0.25, 0.3) is 4.96 Å². The highest BCUT2D eigenvalue weighted by Crippen LogP contribution is 2.19. The van der Waals surface area contributed by atoms with E-state index >= 15 is 0 Å². The summed E-state index contributed by atoms with van der Waals surface area (Å²) < 4.78 is 1.95. The van der Waals surface area contributed by atoms with Gasteiger partial charge in [0.1, 0.15) is 6.54 Å². The molecule has 0 bridgehead atoms. The van der Waals surface area contributed by atoms with Crippen LogP contribution in [-0.2, 0) is 11.3 Å². The van der Waals surface area contributed by atoms with Crippen LogP contribution >= 0.6 is 11.3 Å².